The van der Waals surface area contributed by atoms with Crippen LogP contribution in [0, 0.1) is 11.7 Å². The zero-order valence-corrected chi connectivity index (χ0v) is 12.5. The van der Waals surface area contributed by atoms with Gasteiger partial charge in [-0.15, -0.1) is 0 Å². The van der Waals surface area contributed by atoms with E-state index in [0.29, 0.717) is 0 Å². The van der Waals surface area contributed by atoms with E-state index in [1.165, 1.54) is 12.1 Å². The molecule has 2 aliphatic carbocycles. The van der Waals surface area contributed by atoms with Crippen molar-refractivity contribution in [3.63, 3.8) is 0 Å². The van der Waals surface area contributed by atoms with Crippen LogP contribution in [0.15, 0.2) is 18.2 Å². The van der Waals surface area contributed by atoms with Gasteiger partial charge in [-0.05, 0) is 60.8 Å². The number of allylic oxidation sites excluding steroid dienone is 1. The van der Waals surface area contributed by atoms with Crippen LogP contribution >= 0.6 is 0 Å². The summed E-state index contributed by atoms with van der Waals surface area (Å²) in [7, 11) is 0. The number of halogens is 3. The standard InChI is InChI=1S/C18H19F3O/c1-2-11-3-5-12(6-4-11)14-9-13-7-8-16(22)18(20,21)17(13)15(19)10-14/h7-12H,2-6H2,1H3. The Morgan fingerprint density at radius 3 is 2.45 bits per heavy atom. The Kier molecular flexibility index (Phi) is 3.87. The van der Waals surface area contributed by atoms with Gasteiger partial charge >= 0.3 is 5.92 Å². The summed E-state index contributed by atoms with van der Waals surface area (Å²) in [5.74, 6) is -5.13. The SMILES string of the molecule is CCC1CCC(c2cc(F)c3c(c2)C=CC(=O)C3(F)F)CC1. The zero-order chi connectivity index (χ0) is 15.9. The Morgan fingerprint density at radius 1 is 1.14 bits per heavy atom. The first-order valence-electron chi connectivity index (χ1n) is 7.87. The van der Waals surface area contributed by atoms with Crippen LogP contribution in [0.25, 0.3) is 6.08 Å². The van der Waals surface area contributed by atoms with Crippen LogP contribution in [-0.2, 0) is 10.7 Å². The van der Waals surface area contributed by atoms with E-state index in [2.05, 4.69) is 6.92 Å². The summed E-state index contributed by atoms with van der Waals surface area (Å²) in [6.45, 7) is 2.17. The molecule has 0 bridgehead atoms. The van der Waals surface area contributed by atoms with Crippen molar-refractivity contribution in [2.24, 2.45) is 5.92 Å². The van der Waals surface area contributed by atoms with Crippen LogP contribution in [0.3, 0.4) is 0 Å². The molecule has 1 fully saturated rings. The maximum Gasteiger partial charge on any atom is 0.337 e. The smallest absolute Gasteiger partial charge is 0.288 e. The summed E-state index contributed by atoms with van der Waals surface area (Å²) < 4.78 is 42.0. The van der Waals surface area contributed by atoms with Crippen molar-refractivity contribution < 1.29 is 18.0 Å². The predicted octanol–water partition coefficient (Wildman–Crippen LogP) is 5.20. The van der Waals surface area contributed by atoms with E-state index < -0.39 is 23.1 Å². The molecule has 0 unspecified atom stereocenters. The van der Waals surface area contributed by atoms with E-state index in [4.69, 9.17) is 0 Å². The lowest BCUT2D eigenvalue weighted by Gasteiger charge is -2.29. The quantitative estimate of drug-likeness (QED) is 0.734. The van der Waals surface area contributed by atoms with Gasteiger partial charge in [0, 0.05) is 0 Å². The molecule has 22 heavy (non-hydrogen) atoms. The average Bonchev–Trinajstić information content (AvgIpc) is 2.50. The van der Waals surface area contributed by atoms with Gasteiger partial charge in [0.15, 0.2) is 0 Å². The first-order valence-corrected chi connectivity index (χ1v) is 7.87. The minimum absolute atomic E-state index is 0.136. The Labute approximate surface area is 128 Å². The molecule has 0 heterocycles. The predicted molar refractivity (Wildman–Crippen MR) is 79.3 cm³/mol. The molecule has 0 N–H and O–H groups in total. The highest BCUT2D eigenvalue weighted by molar-refractivity contribution is 6.02. The Balaban J connectivity index is 1.94. The second kappa shape index (κ2) is 5.56. The summed E-state index contributed by atoms with van der Waals surface area (Å²) in [5.41, 5.74) is 0.142. The summed E-state index contributed by atoms with van der Waals surface area (Å²) in [4.78, 5) is 11.3. The number of rotatable bonds is 2. The molecule has 4 heteroatoms. The monoisotopic (exact) mass is 308 g/mol. The van der Waals surface area contributed by atoms with Gasteiger partial charge in [0.1, 0.15) is 5.82 Å². The van der Waals surface area contributed by atoms with E-state index in [1.807, 2.05) is 0 Å². The van der Waals surface area contributed by atoms with Crippen molar-refractivity contribution in [1.82, 2.24) is 0 Å². The van der Waals surface area contributed by atoms with Crippen LogP contribution in [-0.4, -0.2) is 5.78 Å². The third-order valence-corrected chi connectivity index (χ3v) is 5.08. The third-order valence-electron chi connectivity index (χ3n) is 5.08. The van der Waals surface area contributed by atoms with Gasteiger partial charge in [-0.2, -0.15) is 8.78 Å². The molecule has 0 spiro atoms. The number of carbonyl (C=O) groups excluding carboxylic acids is 1. The van der Waals surface area contributed by atoms with E-state index in [1.54, 1.807) is 6.07 Å². The van der Waals surface area contributed by atoms with Gasteiger partial charge in [0.25, 0.3) is 0 Å². The van der Waals surface area contributed by atoms with E-state index in [9.17, 15) is 18.0 Å². The summed E-state index contributed by atoms with van der Waals surface area (Å²) in [6.07, 6.45) is 7.45. The highest BCUT2D eigenvalue weighted by atomic mass is 19.3. The fraction of sp³-hybridized carbons (Fsp3) is 0.500. The lowest BCUT2D eigenvalue weighted by atomic mass is 9.77. The number of ketones is 1. The zero-order valence-electron chi connectivity index (χ0n) is 12.5. The second-order valence-electron chi connectivity index (χ2n) is 6.36. The van der Waals surface area contributed by atoms with Crippen LogP contribution < -0.4 is 0 Å². The molecule has 0 aromatic heterocycles. The number of hydrogen-bond acceptors (Lipinski definition) is 1. The lowest BCUT2D eigenvalue weighted by Crippen LogP contribution is -2.29. The maximum atomic E-state index is 14.2. The number of fused-ring (bicyclic) bond motifs is 1. The number of alkyl halides is 2. The van der Waals surface area contributed by atoms with Crippen molar-refractivity contribution in [2.45, 2.75) is 50.9 Å². The molecule has 0 radical (unpaired) electrons. The topological polar surface area (TPSA) is 17.1 Å². The van der Waals surface area contributed by atoms with Crippen molar-refractivity contribution in [2.75, 3.05) is 0 Å². The van der Waals surface area contributed by atoms with Crippen molar-refractivity contribution in [3.8, 4) is 0 Å². The molecule has 0 saturated heterocycles. The third kappa shape index (κ3) is 2.49. The molecule has 0 aliphatic heterocycles. The Hall–Kier alpha value is -1.58. The molecule has 118 valence electrons. The first kappa shape index (κ1) is 15.3. The summed E-state index contributed by atoms with van der Waals surface area (Å²) in [6, 6.07) is 2.84. The van der Waals surface area contributed by atoms with Gasteiger partial charge in [-0.3, -0.25) is 4.79 Å². The normalized spacial score (nSPS) is 26.8. The molecule has 3 rings (SSSR count). The number of hydrogen-bond donors (Lipinski definition) is 0. The van der Waals surface area contributed by atoms with Crippen molar-refractivity contribution >= 4 is 11.9 Å². The van der Waals surface area contributed by atoms with Crippen molar-refractivity contribution in [1.29, 1.82) is 0 Å². The number of carbonyl (C=O) groups is 1. The minimum atomic E-state index is -3.76. The van der Waals surface area contributed by atoms with Crippen LogP contribution in [0.2, 0.25) is 0 Å². The summed E-state index contributed by atoms with van der Waals surface area (Å²) >= 11 is 0. The van der Waals surface area contributed by atoms with Crippen LogP contribution in [0.1, 0.15) is 61.6 Å². The van der Waals surface area contributed by atoms with Crippen LogP contribution in [0.5, 0.6) is 0 Å². The molecular weight excluding hydrogens is 289 g/mol. The van der Waals surface area contributed by atoms with Gasteiger partial charge in [0.05, 0.1) is 5.56 Å². The Bertz CT molecular complexity index is 625. The molecule has 1 saturated carbocycles. The highest BCUT2D eigenvalue weighted by Crippen LogP contribution is 2.42. The van der Waals surface area contributed by atoms with Gasteiger partial charge in [-0.25, -0.2) is 4.39 Å². The molecule has 0 atom stereocenters. The van der Waals surface area contributed by atoms with E-state index in [0.717, 1.165) is 49.7 Å². The highest BCUT2D eigenvalue weighted by Gasteiger charge is 2.45. The van der Waals surface area contributed by atoms with Gasteiger partial charge < -0.3 is 0 Å². The first-order chi connectivity index (χ1) is 10.4. The number of benzene rings is 1. The average molecular weight is 308 g/mol. The molecule has 1 aromatic carbocycles. The fourth-order valence-electron chi connectivity index (χ4n) is 3.65. The Morgan fingerprint density at radius 2 is 1.82 bits per heavy atom. The van der Waals surface area contributed by atoms with Crippen LogP contribution in [0.4, 0.5) is 13.2 Å². The minimum Gasteiger partial charge on any atom is -0.288 e. The fourth-order valence-corrected chi connectivity index (χ4v) is 3.65. The van der Waals surface area contributed by atoms with Crippen molar-refractivity contribution in [3.05, 3.63) is 40.7 Å². The molecular formula is C18H19F3O. The molecule has 1 nitrogen and oxygen atoms in total. The largest absolute Gasteiger partial charge is 0.337 e. The maximum absolute atomic E-state index is 14.2. The molecule has 1 aromatic rings. The van der Waals surface area contributed by atoms with Gasteiger partial charge in [0.2, 0.25) is 5.78 Å². The lowest BCUT2D eigenvalue weighted by molar-refractivity contribution is -0.139. The van der Waals surface area contributed by atoms with E-state index >= 15 is 0 Å². The summed E-state index contributed by atoms with van der Waals surface area (Å²) in [5, 5.41) is 0. The van der Waals surface area contributed by atoms with E-state index in [-0.39, 0.29) is 11.5 Å². The molecule has 0 amide bonds. The molecule has 2 aliphatic rings. The van der Waals surface area contributed by atoms with Gasteiger partial charge in [-0.1, -0.05) is 25.5 Å². The second-order valence-corrected chi connectivity index (χ2v) is 6.36.